The molecule has 1 aliphatic rings. The Labute approximate surface area is 119 Å². The van der Waals surface area contributed by atoms with E-state index < -0.39 is 0 Å². The Hall–Kier alpha value is -1.26. The third-order valence-corrected chi connectivity index (χ3v) is 3.34. The summed E-state index contributed by atoms with van der Waals surface area (Å²) >= 11 is 3.45. The van der Waals surface area contributed by atoms with Crippen molar-refractivity contribution in [2.75, 3.05) is 13.1 Å². The molecule has 2 aromatic rings. The van der Waals surface area contributed by atoms with Crippen LogP contribution in [-0.2, 0) is 0 Å². The van der Waals surface area contributed by atoms with Crippen LogP contribution in [0.1, 0.15) is 5.56 Å². The summed E-state index contributed by atoms with van der Waals surface area (Å²) in [4.78, 5) is 4.33. The maximum Gasteiger partial charge on any atom is 0.132 e. The fraction of sp³-hybridized carbons (Fsp3) is 0.154. The number of nitrogens with zero attached hydrogens (tertiary/aromatic N) is 1. The molecule has 3 nitrogen and oxygen atoms in total. The molecule has 0 atom stereocenters. The van der Waals surface area contributed by atoms with Crippen molar-refractivity contribution in [1.29, 1.82) is 0 Å². The summed E-state index contributed by atoms with van der Waals surface area (Å²) in [7, 11) is 0. The average molecular weight is 328 g/mol. The normalized spacial score (nSPS) is 13.9. The van der Waals surface area contributed by atoms with Crippen LogP contribution in [0.25, 0.3) is 10.8 Å². The second-order valence-corrected chi connectivity index (χ2v) is 4.93. The minimum atomic E-state index is 0. The van der Waals surface area contributed by atoms with Gasteiger partial charge in [-0.1, -0.05) is 22.0 Å². The van der Waals surface area contributed by atoms with Crippen LogP contribution in [0.4, 0.5) is 0 Å². The lowest BCUT2D eigenvalue weighted by Gasteiger charge is -2.08. The number of aromatic hydroxyl groups is 1. The molecule has 0 saturated heterocycles. The highest BCUT2D eigenvalue weighted by atomic mass is 79.9. The first-order chi connectivity index (χ1) is 8.24. The van der Waals surface area contributed by atoms with Gasteiger partial charge < -0.3 is 10.4 Å². The predicted octanol–water partition coefficient (Wildman–Crippen LogP) is 3.08. The van der Waals surface area contributed by atoms with Crippen molar-refractivity contribution in [2.24, 2.45) is 4.99 Å². The van der Waals surface area contributed by atoms with E-state index in [9.17, 15) is 5.11 Å². The molecule has 0 spiro atoms. The van der Waals surface area contributed by atoms with Gasteiger partial charge in [0.1, 0.15) is 11.6 Å². The van der Waals surface area contributed by atoms with Gasteiger partial charge in [-0.3, -0.25) is 4.99 Å². The summed E-state index contributed by atoms with van der Waals surface area (Å²) in [6, 6.07) is 9.72. The monoisotopic (exact) mass is 326 g/mol. The molecule has 1 aliphatic heterocycles. The number of rotatable bonds is 1. The van der Waals surface area contributed by atoms with Gasteiger partial charge in [0.25, 0.3) is 0 Å². The van der Waals surface area contributed by atoms with Gasteiger partial charge in [-0.05, 0) is 35.0 Å². The van der Waals surface area contributed by atoms with Crippen molar-refractivity contribution < 1.29 is 5.11 Å². The molecule has 0 radical (unpaired) electrons. The summed E-state index contributed by atoms with van der Waals surface area (Å²) < 4.78 is 1.03. The third kappa shape index (κ3) is 2.31. The minimum Gasteiger partial charge on any atom is -0.507 e. The lowest BCUT2D eigenvalue weighted by atomic mass is 10.1. The molecule has 2 N–H and O–H groups in total. The number of hydrogen-bond acceptors (Lipinski definition) is 3. The van der Waals surface area contributed by atoms with Gasteiger partial charge in [0.15, 0.2) is 0 Å². The molecule has 0 fully saturated rings. The molecule has 0 aromatic heterocycles. The quantitative estimate of drug-likeness (QED) is 0.845. The van der Waals surface area contributed by atoms with Crippen LogP contribution in [0.5, 0.6) is 5.75 Å². The highest BCUT2D eigenvalue weighted by Gasteiger charge is 2.13. The summed E-state index contributed by atoms with van der Waals surface area (Å²) in [5.74, 6) is 1.05. The van der Waals surface area contributed by atoms with Crippen LogP contribution in [0.2, 0.25) is 0 Å². The van der Waals surface area contributed by atoms with E-state index in [-0.39, 0.29) is 18.2 Å². The Balaban J connectivity index is 0.00000120. The predicted molar refractivity (Wildman–Crippen MR) is 80.0 cm³/mol. The summed E-state index contributed by atoms with van der Waals surface area (Å²) in [6.07, 6.45) is 0. The van der Waals surface area contributed by atoms with Crippen molar-refractivity contribution in [1.82, 2.24) is 5.32 Å². The molecule has 2 aromatic carbocycles. The number of phenolic OH excluding ortho intramolecular Hbond substituents is 1. The zero-order chi connectivity index (χ0) is 11.8. The lowest BCUT2D eigenvalue weighted by Crippen LogP contribution is -2.19. The minimum absolute atomic E-state index is 0. The number of fused-ring (bicyclic) bond motifs is 1. The van der Waals surface area contributed by atoms with Crippen molar-refractivity contribution in [3.05, 3.63) is 40.4 Å². The highest BCUT2D eigenvalue weighted by Crippen LogP contribution is 2.27. The van der Waals surface area contributed by atoms with E-state index >= 15 is 0 Å². The van der Waals surface area contributed by atoms with Gasteiger partial charge in [0, 0.05) is 11.0 Å². The van der Waals surface area contributed by atoms with Crippen molar-refractivity contribution in [3.8, 4) is 5.75 Å². The van der Waals surface area contributed by atoms with Crippen LogP contribution in [0.15, 0.2) is 39.8 Å². The molecule has 0 unspecified atom stereocenters. The highest BCUT2D eigenvalue weighted by molar-refractivity contribution is 9.10. The smallest absolute Gasteiger partial charge is 0.132 e. The van der Waals surface area contributed by atoms with Gasteiger partial charge in [-0.15, -0.1) is 12.4 Å². The number of phenols is 1. The second-order valence-electron chi connectivity index (χ2n) is 4.02. The summed E-state index contributed by atoms with van der Waals surface area (Å²) in [5, 5.41) is 15.3. The topological polar surface area (TPSA) is 44.6 Å². The summed E-state index contributed by atoms with van der Waals surface area (Å²) in [6.45, 7) is 1.61. The number of benzene rings is 2. The van der Waals surface area contributed by atoms with Gasteiger partial charge in [-0.2, -0.15) is 0 Å². The number of nitrogens with one attached hydrogen (secondary N) is 1. The number of amidine groups is 1. The molecule has 5 heteroatoms. The van der Waals surface area contributed by atoms with Crippen LogP contribution >= 0.6 is 28.3 Å². The maximum atomic E-state index is 10.0. The van der Waals surface area contributed by atoms with E-state index in [1.54, 1.807) is 6.07 Å². The Bertz CT molecular complexity index is 628. The standard InChI is InChI=1S/C13H11BrN2O.ClH/c14-10-2-1-8-7-12(17)11(6-9(8)5-10)13-15-3-4-16-13;/h1-2,5-7,17H,3-4H2,(H,15,16);1H. The van der Waals surface area contributed by atoms with E-state index in [0.717, 1.165) is 39.7 Å². The van der Waals surface area contributed by atoms with E-state index in [1.165, 1.54) is 0 Å². The van der Waals surface area contributed by atoms with Crippen LogP contribution in [0.3, 0.4) is 0 Å². The molecule has 0 saturated carbocycles. The van der Waals surface area contributed by atoms with Crippen molar-refractivity contribution in [2.45, 2.75) is 0 Å². The molecule has 94 valence electrons. The van der Waals surface area contributed by atoms with Gasteiger partial charge >= 0.3 is 0 Å². The second kappa shape index (κ2) is 5.16. The SMILES string of the molecule is Cl.Oc1cc2ccc(Br)cc2cc1C1=NCCN1. The fourth-order valence-corrected chi connectivity index (χ4v) is 2.40. The van der Waals surface area contributed by atoms with E-state index in [0.29, 0.717) is 0 Å². The Morgan fingerprint density at radius 2 is 2.00 bits per heavy atom. The van der Waals surface area contributed by atoms with E-state index in [1.807, 2.05) is 24.3 Å². The number of hydrogen-bond donors (Lipinski definition) is 2. The Morgan fingerprint density at radius 3 is 2.72 bits per heavy atom. The molecule has 0 amide bonds. The molecular weight excluding hydrogens is 316 g/mol. The largest absolute Gasteiger partial charge is 0.507 e. The van der Waals surface area contributed by atoms with Crippen LogP contribution < -0.4 is 5.32 Å². The zero-order valence-corrected chi connectivity index (χ0v) is 11.9. The Morgan fingerprint density at radius 1 is 1.17 bits per heavy atom. The first-order valence-corrected chi connectivity index (χ1v) is 6.24. The first kappa shape index (κ1) is 13.2. The average Bonchev–Trinajstić information content (AvgIpc) is 2.82. The van der Waals surface area contributed by atoms with E-state index in [2.05, 4.69) is 26.2 Å². The fourth-order valence-electron chi connectivity index (χ4n) is 2.02. The molecule has 3 rings (SSSR count). The van der Waals surface area contributed by atoms with Gasteiger partial charge in [-0.25, -0.2) is 0 Å². The van der Waals surface area contributed by atoms with Crippen LogP contribution in [-0.4, -0.2) is 24.0 Å². The number of aliphatic imine (C=N–C) groups is 1. The summed E-state index contributed by atoms with van der Waals surface area (Å²) in [5.41, 5.74) is 0.771. The number of halogens is 2. The zero-order valence-electron chi connectivity index (χ0n) is 9.48. The first-order valence-electron chi connectivity index (χ1n) is 5.45. The molecule has 0 bridgehead atoms. The molecule has 0 aliphatic carbocycles. The van der Waals surface area contributed by atoms with Gasteiger partial charge in [0.2, 0.25) is 0 Å². The van der Waals surface area contributed by atoms with Crippen LogP contribution in [0, 0.1) is 0 Å². The van der Waals surface area contributed by atoms with Gasteiger partial charge in [0.05, 0.1) is 12.1 Å². The van der Waals surface area contributed by atoms with Crippen molar-refractivity contribution >= 4 is 44.9 Å². The Kier molecular flexibility index (Phi) is 3.78. The molecular formula is C13H12BrClN2O. The third-order valence-electron chi connectivity index (χ3n) is 2.85. The lowest BCUT2D eigenvalue weighted by molar-refractivity contribution is 0.475. The maximum absolute atomic E-state index is 10.0. The molecule has 1 heterocycles. The van der Waals surface area contributed by atoms with Crippen molar-refractivity contribution in [3.63, 3.8) is 0 Å². The van der Waals surface area contributed by atoms with E-state index in [4.69, 9.17) is 0 Å². The molecule has 18 heavy (non-hydrogen) atoms.